The molecule has 0 bridgehead atoms. The largest absolute Gasteiger partial charge is 0.375 e. The van der Waals surface area contributed by atoms with Gasteiger partial charge in [-0.15, -0.1) is 0 Å². The predicted molar refractivity (Wildman–Crippen MR) is 71.6 cm³/mol. The minimum Gasteiger partial charge on any atom is -0.375 e. The Labute approximate surface area is 114 Å². The van der Waals surface area contributed by atoms with Crippen molar-refractivity contribution in [1.29, 1.82) is 0 Å². The minimum atomic E-state index is -0.416. The molecule has 2 heterocycles. The van der Waals surface area contributed by atoms with Crippen LogP contribution in [0.3, 0.4) is 0 Å². The van der Waals surface area contributed by atoms with E-state index in [0.717, 1.165) is 12.8 Å². The molecule has 3 unspecified atom stereocenters. The topological polar surface area (TPSA) is 58.6 Å². The second-order valence-electron chi connectivity index (χ2n) is 6.15. The molecule has 2 fully saturated rings. The van der Waals surface area contributed by atoms with Crippen LogP contribution in [0.4, 0.5) is 0 Å². The number of carbonyl (C=O) groups is 2. The van der Waals surface area contributed by atoms with Crippen molar-refractivity contribution >= 4 is 11.8 Å². The van der Waals surface area contributed by atoms with Crippen LogP contribution >= 0.6 is 0 Å². The zero-order chi connectivity index (χ0) is 14.2. The zero-order valence-electron chi connectivity index (χ0n) is 12.2. The fourth-order valence-corrected chi connectivity index (χ4v) is 3.13. The number of hydrogen-bond acceptors (Lipinski definition) is 3. The van der Waals surface area contributed by atoms with Gasteiger partial charge in [-0.05, 0) is 40.0 Å². The van der Waals surface area contributed by atoms with Crippen molar-refractivity contribution in [2.75, 3.05) is 6.61 Å². The molecule has 5 nitrogen and oxygen atoms in total. The van der Waals surface area contributed by atoms with Crippen molar-refractivity contribution in [3.8, 4) is 0 Å². The van der Waals surface area contributed by atoms with Crippen LogP contribution in [0.15, 0.2) is 0 Å². The lowest BCUT2D eigenvalue weighted by Crippen LogP contribution is -2.66. The molecule has 1 N–H and O–H groups in total. The molecule has 0 aromatic heterocycles. The van der Waals surface area contributed by atoms with E-state index in [4.69, 9.17) is 4.74 Å². The summed E-state index contributed by atoms with van der Waals surface area (Å²) in [5.74, 6) is 0.00745. The van der Waals surface area contributed by atoms with Crippen LogP contribution in [0.1, 0.15) is 47.0 Å². The summed E-state index contributed by atoms with van der Waals surface area (Å²) in [6.45, 7) is 8.43. The van der Waals surface area contributed by atoms with Crippen LogP contribution in [0.2, 0.25) is 0 Å². The smallest absolute Gasteiger partial charge is 0.245 e. The highest BCUT2D eigenvalue weighted by Crippen LogP contribution is 2.30. The van der Waals surface area contributed by atoms with Crippen molar-refractivity contribution in [2.45, 2.75) is 70.7 Å². The Balaban J connectivity index is 2.23. The highest BCUT2D eigenvalue weighted by atomic mass is 16.5. The molecule has 0 aromatic carbocycles. The van der Waals surface area contributed by atoms with Crippen LogP contribution in [-0.4, -0.2) is 47.0 Å². The standard InChI is InChI=1S/C14H24N2O3/c1-5-11-12(17)15-9(2)13(18)16(11)10-6-7-19-14(3,4)8-10/h9-11H,5-8H2,1-4H3,(H,15,17). The average Bonchev–Trinajstić information content (AvgIpc) is 2.32. The molecule has 19 heavy (non-hydrogen) atoms. The van der Waals surface area contributed by atoms with Gasteiger partial charge < -0.3 is 15.0 Å². The number of ether oxygens (including phenoxy) is 1. The highest BCUT2D eigenvalue weighted by Gasteiger charge is 2.43. The Morgan fingerprint density at radius 1 is 1.42 bits per heavy atom. The SMILES string of the molecule is CCC1C(=O)NC(C)C(=O)N1C1CCOC(C)(C)C1. The molecule has 108 valence electrons. The van der Waals surface area contributed by atoms with Gasteiger partial charge in [-0.25, -0.2) is 0 Å². The lowest BCUT2D eigenvalue weighted by Gasteiger charge is -2.47. The Hall–Kier alpha value is -1.10. The van der Waals surface area contributed by atoms with E-state index in [1.165, 1.54) is 0 Å². The zero-order valence-corrected chi connectivity index (χ0v) is 12.2. The van der Waals surface area contributed by atoms with E-state index in [1.807, 2.05) is 25.7 Å². The van der Waals surface area contributed by atoms with Crippen molar-refractivity contribution in [3.63, 3.8) is 0 Å². The van der Waals surface area contributed by atoms with Crippen molar-refractivity contribution in [2.24, 2.45) is 0 Å². The second-order valence-corrected chi connectivity index (χ2v) is 6.15. The van der Waals surface area contributed by atoms with Gasteiger partial charge in [-0.2, -0.15) is 0 Å². The Kier molecular flexibility index (Phi) is 3.85. The van der Waals surface area contributed by atoms with E-state index in [1.54, 1.807) is 6.92 Å². The molecular weight excluding hydrogens is 244 g/mol. The van der Waals surface area contributed by atoms with Gasteiger partial charge in [-0.3, -0.25) is 9.59 Å². The summed E-state index contributed by atoms with van der Waals surface area (Å²) in [6, 6.07) is -0.640. The minimum absolute atomic E-state index is 0.0288. The Morgan fingerprint density at radius 3 is 2.68 bits per heavy atom. The summed E-state index contributed by atoms with van der Waals surface area (Å²) in [4.78, 5) is 26.3. The first-order valence-corrected chi connectivity index (χ1v) is 7.12. The van der Waals surface area contributed by atoms with E-state index in [0.29, 0.717) is 13.0 Å². The Bertz CT molecular complexity index is 381. The molecule has 3 atom stereocenters. The van der Waals surface area contributed by atoms with Crippen LogP contribution in [0, 0.1) is 0 Å². The fraction of sp³-hybridized carbons (Fsp3) is 0.857. The first-order chi connectivity index (χ1) is 8.85. The first kappa shape index (κ1) is 14.3. The van der Waals surface area contributed by atoms with Gasteiger partial charge in [-0.1, -0.05) is 6.92 Å². The summed E-state index contributed by atoms with van der Waals surface area (Å²) in [6.07, 6.45) is 2.25. The number of amides is 2. The first-order valence-electron chi connectivity index (χ1n) is 7.12. The van der Waals surface area contributed by atoms with Gasteiger partial charge in [0.05, 0.1) is 5.60 Å². The number of nitrogens with one attached hydrogen (secondary N) is 1. The maximum Gasteiger partial charge on any atom is 0.245 e. The second kappa shape index (κ2) is 5.12. The number of nitrogens with zero attached hydrogens (tertiary/aromatic N) is 1. The molecule has 0 aromatic rings. The molecule has 0 aliphatic carbocycles. The molecule has 2 aliphatic heterocycles. The Morgan fingerprint density at radius 2 is 2.11 bits per heavy atom. The van der Waals surface area contributed by atoms with Crippen molar-refractivity contribution in [3.05, 3.63) is 0 Å². The van der Waals surface area contributed by atoms with Gasteiger partial charge >= 0.3 is 0 Å². The van der Waals surface area contributed by atoms with Gasteiger partial charge in [0.1, 0.15) is 12.1 Å². The monoisotopic (exact) mass is 268 g/mol. The normalized spacial score (nSPS) is 35.2. The van der Waals surface area contributed by atoms with Gasteiger partial charge in [0.15, 0.2) is 0 Å². The number of carbonyl (C=O) groups excluding carboxylic acids is 2. The summed E-state index contributed by atoms with van der Waals surface area (Å²) in [5, 5.41) is 2.76. The van der Waals surface area contributed by atoms with E-state index in [2.05, 4.69) is 5.32 Å². The van der Waals surface area contributed by atoms with Crippen molar-refractivity contribution < 1.29 is 14.3 Å². The molecule has 2 saturated heterocycles. The summed E-state index contributed by atoms with van der Waals surface area (Å²) in [5.41, 5.74) is -0.224. The van der Waals surface area contributed by atoms with Crippen LogP contribution in [0.5, 0.6) is 0 Å². The summed E-state index contributed by atoms with van der Waals surface area (Å²) in [7, 11) is 0. The number of rotatable bonds is 2. The van der Waals surface area contributed by atoms with E-state index >= 15 is 0 Å². The van der Waals surface area contributed by atoms with Gasteiger partial charge in [0.25, 0.3) is 0 Å². The third kappa shape index (κ3) is 2.76. The molecule has 0 saturated carbocycles. The number of piperazine rings is 1. The van der Waals surface area contributed by atoms with Gasteiger partial charge in [0.2, 0.25) is 11.8 Å². The third-order valence-electron chi connectivity index (χ3n) is 4.07. The highest BCUT2D eigenvalue weighted by molar-refractivity contribution is 5.96. The maximum atomic E-state index is 12.4. The van der Waals surface area contributed by atoms with Crippen LogP contribution < -0.4 is 5.32 Å². The molecule has 2 rings (SSSR count). The van der Waals surface area contributed by atoms with Gasteiger partial charge in [0, 0.05) is 12.6 Å². The lowest BCUT2D eigenvalue weighted by atomic mass is 9.90. The van der Waals surface area contributed by atoms with Crippen LogP contribution in [0.25, 0.3) is 0 Å². The molecule has 2 amide bonds. The fourth-order valence-electron chi connectivity index (χ4n) is 3.13. The van der Waals surface area contributed by atoms with Crippen molar-refractivity contribution in [1.82, 2.24) is 10.2 Å². The van der Waals surface area contributed by atoms with E-state index in [-0.39, 0.29) is 29.5 Å². The summed E-state index contributed by atoms with van der Waals surface area (Å²) >= 11 is 0. The predicted octanol–water partition coefficient (Wildman–Crippen LogP) is 1.07. The molecule has 2 aliphatic rings. The summed E-state index contributed by atoms with van der Waals surface area (Å²) < 4.78 is 5.71. The maximum absolute atomic E-state index is 12.4. The number of hydrogen-bond donors (Lipinski definition) is 1. The lowest BCUT2D eigenvalue weighted by molar-refractivity contribution is -0.158. The molecule has 0 spiro atoms. The molecule has 0 radical (unpaired) electrons. The molecular formula is C14H24N2O3. The van der Waals surface area contributed by atoms with E-state index in [9.17, 15) is 9.59 Å². The molecule has 5 heteroatoms. The third-order valence-corrected chi connectivity index (χ3v) is 4.07. The quantitative estimate of drug-likeness (QED) is 0.815. The average molecular weight is 268 g/mol. The van der Waals surface area contributed by atoms with Crippen LogP contribution in [-0.2, 0) is 14.3 Å². The van der Waals surface area contributed by atoms with E-state index < -0.39 is 6.04 Å².